The number of nitrogens with zero attached hydrogens (tertiary/aromatic N) is 3. The maximum absolute atomic E-state index is 6.12. The minimum absolute atomic E-state index is 0.716. The third-order valence-corrected chi connectivity index (χ3v) is 2.38. The quantitative estimate of drug-likeness (QED) is 0.720. The molecule has 0 amide bonds. The van der Waals surface area contributed by atoms with Gasteiger partial charge in [-0.15, -0.1) is 10.2 Å². The predicted molar refractivity (Wildman–Crippen MR) is 55.8 cm³/mol. The predicted octanol–water partition coefficient (Wildman–Crippen LogP) is 2.54. The van der Waals surface area contributed by atoms with Crippen molar-refractivity contribution in [1.82, 2.24) is 14.8 Å². The number of benzene rings is 1. The van der Waals surface area contributed by atoms with Crippen molar-refractivity contribution in [3.63, 3.8) is 0 Å². The molecule has 0 aliphatic carbocycles. The number of hydrogen-bond acceptors (Lipinski definition) is 2. The molecule has 0 N–H and O–H groups in total. The molecule has 0 atom stereocenters. The third kappa shape index (κ3) is 1.51. The Balaban J connectivity index is 2.58. The third-order valence-electron chi connectivity index (χ3n) is 2.08. The van der Waals surface area contributed by atoms with Crippen molar-refractivity contribution in [2.75, 3.05) is 0 Å². The molecule has 3 nitrogen and oxygen atoms in total. The van der Waals surface area contributed by atoms with Crippen LogP contribution >= 0.6 is 11.6 Å². The molecule has 0 unspecified atom stereocenters. The number of hydrogen-bond donors (Lipinski definition) is 0. The van der Waals surface area contributed by atoms with Crippen LogP contribution in [0.1, 0.15) is 11.4 Å². The molecule has 0 fully saturated rings. The number of halogens is 1. The highest BCUT2D eigenvalue weighted by atomic mass is 35.5. The van der Waals surface area contributed by atoms with Gasteiger partial charge in [-0.25, -0.2) is 0 Å². The monoisotopic (exact) mass is 207 g/mol. The number of rotatable bonds is 1. The van der Waals surface area contributed by atoms with E-state index in [9.17, 15) is 0 Å². The first-order valence-corrected chi connectivity index (χ1v) is 4.69. The van der Waals surface area contributed by atoms with Crippen LogP contribution in [0.4, 0.5) is 0 Å². The highest BCUT2D eigenvalue weighted by Gasteiger charge is 2.05. The summed E-state index contributed by atoms with van der Waals surface area (Å²) >= 11 is 6.12. The fraction of sp³-hybridized carbons (Fsp3) is 0.200. The Hall–Kier alpha value is -1.35. The van der Waals surface area contributed by atoms with Gasteiger partial charge in [0, 0.05) is 0 Å². The molecule has 0 saturated carbocycles. The van der Waals surface area contributed by atoms with Crippen LogP contribution in [0.2, 0.25) is 5.02 Å². The second-order valence-electron chi connectivity index (χ2n) is 3.20. The highest BCUT2D eigenvalue weighted by molar-refractivity contribution is 6.32. The van der Waals surface area contributed by atoms with E-state index < -0.39 is 0 Å². The Kier molecular flexibility index (Phi) is 2.25. The maximum Gasteiger partial charge on any atom is 0.134 e. The molecule has 2 rings (SSSR count). The van der Waals surface area contributed by atoms with Crippen molar-refractivity contribution < 1.29 is 0 Å². The van der Waals surface area contributed by atoms with E-state index in [0.717, 1.165) is 17.1 Å². The minimum atomic E-state index is 0.716. The van der Waals surface area contributed by atoms with Crippen molar-refractivity contribution in [3.05, 3.63) is 40.9 Å². The standard InChI is InChI=1S/C10H10ClN3/c1-7-3-4-10(9(11)5-7)14-6-12-13-8(14)2/h3-6H,1-2H3. The van der Waals surface area contributed by atoms with E-state index in [0.29, 0.717) is 5.02 Å². The van der Waals surface area contributed by atoms with E-state index >= 15 is 0 Å². The number of aromatic nitrogens is 3. The summed E-state index contributed by atoms with van der Waals surface area (Å²) < 4.78 is 1.86. The van der Waals surface area contributed by atoms with Gasteiger partial charge < -0.3 is 0 Å². The van der Waals surface area contributed by atoms with Crippen molar-refractivity contribution in [3.8, 4) is 5.69 Å². The minimum Gasteiger partial charge on any atom is -0.284 e. The Labute approximate surface area is 87.3 Å². The fourth-order valence-corrected chi connectivity index (χ4v) is 1.66. The Morgan fingerprint density at radius 1 is 1.29 bits per heavy atom. The van der Waals surface area contributed by atoms with E-state index in [1.54, 1.807) is 6.33 Å². The lowest BCUT2D eigenvalue weighted by Gasteiger charge is -2.06. The summed E-state index contributed by atoms with van der Waals surface area (Å²) in [4.78, 5) is 0. The van der Waals surface area contributed by atoms with Crippen LogP contribution in [0, 0.1) is 13.8 Å². The first-order valence-electron chi connectivity index (χ1n) is 4.31. The van der Waals surface area contributed by atoms with E-state index in [4.69, 9.17) is 11.6 Å². The van der Waals surface area contributed by atoms with Gasteiger partial charge in [-0.2, -0.15) is 0 Å². The van der Waals surface area contributed by atoms with Crippen LogP contribution in [0.25, 0.3) is 5.69 Å². The van der Waals surface area contributed by atoms with Gasteiger partial charge in [-0.05, 0) is 31.5 Å². The van der Waals surface area contributed by atoms with Gasteiger partial charge in [0.1, 0.15) is 12.2 Å². The van der Waals surface area contributed by atoms with Gasteiger partial charge in [0.25, 0.3) is 0 Å². The normalized spacial score (nSPS) is 10.5. The first-order chi connectivity index (χ1) is 6.68. The second kappa shape index (κ2) is 3.42. The Bertz CT molecular complexity index is 462. The molecular formula is C10H10ClN3. The largest absolute Gasteiger partial charge is 0.284 e. The zero-order valence-corrected chi connectivity index (χ0v) is 8.78. The van der Waals surface area contributed by atoms with Gasteiger partial charge >= 0.3 is 0 Å². The van der Waals surface area contributed by atoms with Crippen LogP contribution in [0.5, 0.6) is 0 Å². The molecular weight excluding hydrogens is 198 g/mol. The SMILES string of the molecule is Cc1ccc(-n2cnnc2C)c(Cl)c1. The zero-order valence-electron chi connectivity index (χ0n) is 8.03. The van der Waals surface area contributed by atoms with E-state index in [-0.39, 0.29) is 0 Å². The van der Waals surface area contributed by atoms with Gasteiger partial charge in [-0.1, -0.05) is 17.7 Å². The van der Waals surface area contributed by atoms with Crippen LogP contribution in [-0.2, 0) is 0 Å². The number of aryl methyl sites for hydroxylation is 2. The summed E-state index contributed by atoms with van der Waals surface area (Å²) in [5, 5.41) is 8.44. The molecule has 0 aliphatic heterocycles. The van der Waals surface area contributed by atoms with Crippen molar-refractivity contribution in [2.45, 2.75) is 13.8 Å². The topological polar surface area (TPSA) is 30.7 Å². The molecule has 14 heavy (non-hydrogen) atoms. The molecule has 72 valence electrons. The smallest absolute Gasteiger partial charge is 0.134 e. The van der Waals surface area contributed by atoms with E-state index in [1.165, 1.54) is 0 Å². The van der Waals surface area contributed by atoms with Gasteiger partial charge in [0.2, 0.25) is 0 Å². The molecule has 0 saturated heterocycles. The van der Waals surface area contributed by atoms with Gasteiger partial charge in [0.05, 0.1) is 10.7 Å². The second-order valence-corrected chi connectivity index (χ2v) is 3.61. The lowest BCUT2D eigenvalue weighted by molar-refractivity contribution is 0.969. The Morgan fingerprint density at radius 2 is 2.07 bits per heavy atom. The lowest BCUT2D eigenvalue weighted by atomic mass is 10.2. The van der Waals surface area contributed by atoms with Crippen molar-refractivity contribution in [1.29, 1.82) is 0 Å². The van der Waals surface area contributed by atoms with E-state index in [2.05, 4.69) is 10.2 Å². The average molecular weight is 208 g/mol. The van der Waals surface area contributed by atoms with Crippen molar-refractivity contribution in [2.24, 2.45) is 0 Å². The summed E-state index contributed by atoms with van der Waals surface area (Å²) in [6, 6.07) is 5.91. The van der Waals surface area contributed by atoms with Crippen molar-refractivity contribution >= 4 is 11.6 Å². The highest BCUT2D eigenvalue weighted by Crippen LogP contribution is 2.21. The summed E-state index contributed by atoms with van der Waals surface area (Å²) in [7, 11) is 0. The van der Waals surface area contributed by atoms with Crippen LogP contribution in [0.3, 0.4) is 0 Å². The molecule has 0 aliphatic rings. The molecule has 0 bridgehead atoms. The first kappa shape index (κ1) is 9.21. The summed E-state index contributed by atoms with van der Waals surface area (Å²) in [6.45, 7) is 3.90. The van der Waals surface area contributed by atoms with E-state index in [1.807, 2.05) is 36.6 Å². The van der Waals surface area contributed by atoms with Gasteiger partial charge in [0.15, 0.2) is 0 Å². The summed E-state index contributed by atoms with van der Waals surface area (Å²) in [5.41, 5.74) is 2.06. The molecule has 4 heteroatoms. The van der Waals surface area contributed by atoms with Crippen LogP contribution < -0.4 is 0 Å². The lowest BCUT2D eigenvalue weighted by Crippen LogP contribution is -1.96. The van der Waals surface area contributed by atoms with Crippen LogP contribution in [-0.4, -0.2) is 14.8 Å². The van der Waals surface area contributed by atoms with Gasteiger partial charge in [-0.3, -0.25) is 4.57 Å². The molecule has 1 aromatic heterocycles. The molecule has 1 aromatic carbocycles. The Morgan fingerprint density at radius 3 is 2.64 bits per heavy atom. The summed E-state index contributed by atoms with van der Waals surface area (Å²) in [6.07, 6.45) is 1.66. The maximum atomic E-state index is 6.12. The summed E-state index contributed by atoms with van der Waals surface area (Å²) in [5.74, 6) is 0.829. The zero-order chi connectivity index (χ0) is 10.1. The molecule has 1 heterocycles. The molecule has 0 spiro atoms. The van der Waals surface area contributed by atoms with Crippen LogP contribution in [0.15, 0.2) is 24.5 Å². The molecule has 0 radical (unpaired) electrons. The average Bonchev–Trinajstić information content (AvgIpc) is 2.52. The fourth-order valence-electron chi connectivity index (χ4n) is 1.34. The molecule has 2 aromatic rings.